The van der Waals surface area contributed by atoms with Crippen LogP contribution in [0, 0.1) is 0 Å². The molecular weight excluding hydrogens is 230 g/mol. The molecule has 1 unspecified atom stereocenters. The molecule has 3 rings (SSSR count). The second-order valence-electron chi connectivity index (χ2n) is 4.41. The predicted octanol–water partition coefficient (Wildman–Crippen LogP) is 1.23. The molecule has 1 fully saturated rings. The number of fused-ring (bicyclic) bond motifs is 1. The van der Waals surface area contributed by atoms with Crippen LogP contribution in [-0.2, 0) is 0 Å². The predicted molar refractivity (Wildman–Crippen MR) is 68.2 cm³/mol. The monoisotopic (exact) mass is 245 g/mol. The second-order valence-corrected chi connectivity index (χ2v) is 4.41. The van der Waals surface area contributed by atoms with Gasteiger partial charge in [0.15, 0.2) is 0 Å². The van der Waals surface area contributed by atoms with E-state index in [0.717, 1.165) is 16.5 Å². The Balaban J connectivity index is 2.01. The Labute approximate surface area is 104 Å². The van der Waals surface area contributed by atoms with Gasteiger partial charge in [0.1, 0.15) is 0 Å². The number of aromatic amines is 1. The summed E-state index contributed by atoms with van der Waals surface area (Å²) in [7, 11) is 0. The van der Waals surface area contributed by atoms with Crippen LogP contribution in [0.2, 0.25) is 0 Å². The van der Waals surface area contributed by atoms with Crippen molar-refractivity contribution in [1.29, 1.82) is 0 Å². The number of aliphatic hydroxyl groups excluding tert-OH is 1. The normalized spacial score (nSPS) is 19.5. The average molecular weight is 245 g/mol. The third-order valence-corrected chi connectivity index (χ3v) is 3.40. The van der Waals surface area contributed by atoms with E-state index in [2.05, 4.69) is 10.3 Å². The maximum Gasteiger partial charge on any atom is 0.318 e. The smallest absolute Gasteiger partial charge is 0.318 e. The fourth-order valence-electron chi connectivity index (χ4n) is 2.55. The lowest BCUT2D eigenvalue weighted by Crippen LogP contribution is -2.32. The first-order chi connectivity index (χ1) is 8.81. The summed E-state index contributed by atoms with van der Waals surface area (Å²) in [6, 6.07) is 7.90. The Morgan fingerprint density at radius 1 is 1.39 bits per heavy atom. The molecule has 1 saturated heterocycles. The highest BCUT2D eigenvalue weighted by atomic mass is 16.3. The number of urea groups is 1. The first-order valence-corrected chi connectivity index (χ1v) is 6.02. The topological polar surface area (TPSA) is 68.4 Å². The van der Waals surface area contributed by atoms with Crippen LogP contribution in [0.5, 0.6) is 0 Å². The minimum absolute atomic E-state index is 0.0131. The van der Waals surface area contributed by atoms with E-state index < -0.39 is 0 Å². The number of para-hydroxylation sites is 1. The summed E-state index contributed by atoms with van der Waals surface area (Å²) in [5.41, 5.74) is 2.16. The molecule has 1 aliphatic rings. The Bertz CT molecular complexity index is 578. The number of aliphatic hydroxyl groups is 1. The summed E-state index contributed by atoms with van der Waals surface area (Å²) < 4.78 is 0. The van der Waals surface area contributed by atoms with Crippen LogP contribution < -0.4 is 5.32 Å². The van der Waals surface area contributed by atoms with Crippen LogP contribution in [0.25, 0.3) is 10.9 Å². The zero-order valence-electron chi connectivity index (χ0n) is 9.89. The lowest BCUT2D eigenvalue weighted by atomic mass is 10.1. The number of aromatic nitrogens is 1. The van der Waals surface area contributed by atoms with E-state index in [1.807, 2.05) is 30.5 Å². The van der Waals surface area contributed by atoms with Crippen LogP contribution in [0.3, 0.4) is 0 Å². The van der Waals surface area contributed by atoms with E-state index >= 15 is 0 Å². The van der Waals surface area contributed by atoms with Crippen molar-refractivity contribution < 1.29 is 9.90 Å². The van der Waals surface area contributed by atoms with Crippen LogP contribution in [0.4, 0.5) is 4.79 Å². The number of nitrogens with one attached hydrogen (secondary N) is 2. The summed E-state index contributed by atoms with van der Waals surface area (Å²) >= 11 is 0. The molecular formula is C13H15N3O2. The number of hydrogen-bond acceptors (Lipinski definition) is 2. The van der Waals surface area contributed by atoms with Gasteiger partial charge in [0.05, 0.1) is 12.6 Å². The zero-order chi connectivity index (χ0) is 12.5. The van der Waals surface area contributed by atoms with Gasteiger partial charge in [-0.2, -0.15) is 0 Å². The summed E-state index contributed by atoms with van der Waals surface area (Å²) in [5.74, 6) is 0. The number of carbonyl (C=O) groups is 1. The molecule has 1 aromatic heterocycles. The highest BCUT2D eigenvalue weighted by Gasteiger charge is 2.32. The van der Waals surface area contributed by atoms with E-state index in [1.54, 1.807) is 4.90 Å². The SMILES string of the molecule is O=C1NCC(c2c[nH]c3ccccc23)N1CCO. The quantitative estimate of drug-likeness (QED) is 0.761. The molecule has 5 nitrogen and oxygen atoms in total. The molecule has 1 aromatic carbocycles. The number of rotatable bonds is 3. The highest BCUT2D eigenvalue weighted by molar-refractivity contribution is 5.85. The molecule has 2 amide bonds. The molecule has 2 aromatic rings. The van der Waals surface area contributed by atoms with Gasteiger partial charge < -0.3 is 20.3 Å². The Hall–Kier alpha value is -2.01. The standard InChI is InChI=1S/C13H15N3O2/c17-6-5-16-12(8-15-13(16)18)10-7-14-11-4-2-1-3-9(10)11/h1-4,7,12,14,17H,5-6,8H2,(H,15,18). The average Bonchev–Trinajstić information content (AvgIpc) is 2.95. The van der Waals surface area contributed by atoms with Crippen LogP contribution in [0.1, 0.15) is 11.6 Å². The first kappa shape index (κ1) is 11.1. The van der Waals surface area contributed by atoms with Gasteiger partial charge in [0, 0.05) is 35.8 Å². The third-order valence-electron chi connectivity index (χ3n) is 3.40. The van der Waals surface area contributed by atoms with Gasteiger partial charge >= 0.3 is 6.03 Å². The number of β-amino-alcohol motifs (C(OH)–C–C–N with tert-alkyl or cyclic N) is 1. The van der Waals surface area contributed by atoms with Gasteiger partial charge in [-0.3, -0.25) is 0 Å². The van der Waals surface area contributed by atoms with Gasteiger partial charge in [-0.05, 0) is 6.07 Å². The van der Waals surface area contributed by atoms with Crippen molar-refractivity contribution in [3.8, 4) is 0 Å². The number of benzene rings is 1. The third kappa shape index (κ3) is 1.64. The molecule has 1 aliphatic heterocycles. The molecule has 94 valence electrons. The van der Waals surface area contributed by atoms with Gasteiger partial charge in [-0.15, -0.1) is 0 Å². The molecule has 0 aliphatic carbocycles. The summed E-state index contributed by atoms with van der Waals surface area (Å²) in [6.45, 7) is 0.920. The van der Waals surface area contributed by atoms with Gasteiger partial charge in [-0.25, -0.2) is 4.79 Å². The van der Waals surface area contributed by atoms with Crippen molar-refractivity contribution >= 4 is 16.9 Å². The second kappa shape index (κ2) is 4.34. The van der Waals surface area contributed by atoms with Gasteiger partial charge in [0.25, 0.3) is 0 Å². The van der Waals surface area contributed by atoms with Crippen LogP contribution in [-0.4, -0.2) is 40.7 Å². The number of hydrogen-bond donors (Lipinski definition) is 3. The minimum Gasteiger partial charge on any atom is -0.395 e. The van der Waals surface area contributed by atoms with Crippen molar-refractivity contribution in [2.45, 2.75) is 6.04 Å². The number of H-pyrrole nitrogens is 1. The molecule has 0 saturated carbocycles. The maximum absolute atomic E-state index is 11.7. The molecule has 18 heavy (non-hydrogen) atoms. The van der Waals surface area contributed by atoms with Crippen molar-refractivity contribution in [1.82, 2.24) is 15.2 Å². The largest absolute Gasteiger partial charge is 0.395 e. The van der Waals surface area contributed by atoms with Gasteiger partial charge in [0.2, 0.25) is 0 Å². The maximum atomic E-state index is 11.7. The lowest BCUT2D eigenvalue weighted by Gasteiger charge is -2.21. The van der Waals surface area contributed by atoms with Crippen molar-refractivity contribution in [3.05, 3.63) is 36.0 Å². The summed E-state index contributed by atoms with van der Waals surface area (Å²) in [6.07, 6.45) is 1.94. The Morgan fingerprint density at radius 2 is 2.22 bits per heavy atom. The van der Waals surface area contributed by atoms with E-state index in [1.165, 1.54) is 0 Å². The van der Waals surface area contributed by atoms with Crippen molar-refractivity contribution in [2.75, 3.05) is 19.7 Å². The molecule has 1 atom stereocenters. The molecule has 0 spiro atoms. The van der Waals surface area contributed by atoms with Crippen molar-refractivity contribution in [3.63, 3.8) is 0 Å². The van der Waals surface area contributed by atoms with Gasteiger partial charge in [-0.1, -0.05) is 18.2 Å². The molecule has 0 radical (unpaired) electrons. The van der Waals surface area contributed by atoms with Crippen molar-refractivity contribution in [2.24, 2.45) is 0 Å². The molecule has 2 heterocycles. The number of nitrogens with zero attached hydrogens (tertiary/aromatic N) is 1. The minimum atomic E-state index is -0.112. The Morgan fingerprint density at radius 3 is 3.06 bits per heavy atom. The van der Waals surface area contributed by atoms with E-state index in [0.29, 0.717) is 13.1 Å². The number of carbonyl (C=O) groups excluding carboxylic acids is 1. The van der Waals surface area contributed by atoms with E-state index in [4.69, 9.17) is 5.11 Å². The molecule has 0 bridgehead atoms. The number of amides is 2. The first-order valence-electron chi connectivity index (χ1n) is 6.02. The van der Waals surface area contributed by atoms with Crippen LogP contribution in [0.15, 0.2) is 30.5 Å². The molecule has 3 N–H and O–H groups in total. The lowest BCUT2D eigenvalue weighted by molar-refractivity contribution is 0.179. The molecule has 5 heteroatoms. The van der Waals surface area contributed by atoms with E-state index in [-0.39, 0.29) is 18.7 Å². The van der Waals surface area contributed by atoms with Crippen LogP contribution >= 0.6 is 0 Å². The Kier molecular flexibility index (Phi) is 2.68. The zero-order valence-corrected chi connectivity index (χ0v) is 9.89. The summed E-state index contributed by atoms with van der Waals surface area (Å²) in [5, 5.41) is 13.0. The van der Waals surface area contributed by atoms with E-state index in [9.17, 15) is 4.79 Å². The highest BCUT2D eigenvalue weighted by Crippen LogP contribution is 2.30. The fourth-order valence-corrected chi connectivity index (χ4v) is 2.55. The summed E-state index contributed by atoms with van der Waals surface area (Å²) in [4.78, 5) is 16.6. The fraction of sp³-hybridized carbons (Fsp3) is 0.308.